The Labute approximate surface area is 303 Å². The second-order valence-electron chi connectivity index (χ2n) is 10.6. The smallest absolute Gasteiger partial charge is 0.248 e. The number of hydrogen-bond acceptors (Lipinski definition) is 4. The van der Waals surface area contributed by atoms with Gasteiger partial charge < -0.3 is 15.9 Å². The van der Waals surface area contributed by atoms with Gasteiger partial charge in [-0.1, -0.05) is 61.3 Å². The first-order valence-electron chi connectivity index (χ1n) is 14.1. The lowest BCUT2D eigenvalue weighted by atomic mass is 10.00. The molecule has 0 aliphatic rings. The molecule has 5 nitrogen and oxygen atoms in total. The summed E-state index contributed by atoms with van der Waals surface area (Å²) < 4.78 is 52.5. The van der Waals surface area contributed by atoms with Gasteiger partial charge >= 0.3 is 0 Å². The van der Waals surface area contributed by atoms with Crippen LogP contribution in [0.25, 0.3) is 0 Å². The molecule has 4 aromatic rings. The fourth-order valence-corrected chi connectivity index (χ4v) is 6.29. The number of nitriles is 1. The Morgan fingerprint density at radius 2 is 0.980 bits per heavy atom. The molecule has 0 aromatic heterocycles. The lowest BCUT2D eigenvalue weighted by molar-refractivity contribution is 0.1000. The van der Waals surface area contributed by atoms with Crippen molar-refractivity contribution >= 4 is 52.3 Å². The van der Waals surface area contributed by atoms with Crippen molar-refractivity contribution < 1.29 is 32.6 Å². The summed E-state index contributed by atoms with van der Waals surface area (Å²) >= 11 is 24.2. The number of aliphatic hydroxyl groups is 2. The quantitative estimate of drug-likeness (QED) is 0.132. The van der Waals surface area contributed by atoms with Gasteiger partial charge in [0.1, 0.15) is 23.3 Å². The number of amides is 1. The normalized spacial score (nSPS) is 11.6. The number of nitrogens with two attached hydrogens (primary N) is 1. The van der Waals surface area contributed by atoms with Crippen LogP contribution in [0, 0.1) is 34.6 Å². The molecule has 0 spiro atoms. The summed E-state index contributed by atoms with van der Waals surface area (Å²) in [7, 11) is 0. The molecule has 264 valence electrons. The summed E-state index contributed by atoms with van der Waals surface area (Å²) in [6, 6.07) is 14.1. The van der Waals surface area contributed by atoms with Gasteiger partial charge in [-0.3, -0.25) is 4.79 Å². The second kappa shape index (κ2) is 20.3. The monoisotopic (exact) mass is 760 g/mol. The van der Waals surface area contributed by atoms with Crippen molar-refractivity contribution in [3.8, 4) is 6.07 Å². The number of carbonyl (C=O) groups excluding carboxylic acids is 1. The third-order valence-corrected chi connectivity index (χ3v) is 8.22. The van der Waals surface area contributed by atoms with E-state index in [1.165, 1.54) is 48.5 Å². The first-order valence-corrected chi connectivity index (χ1v) is 15.6. The molecule has 0 saturated heterocycles. The van der Waals surface area contributed by atoms with Crippen LogP contribution in [-0.2, 0) is 12.8 Å². The van der Waals surface area contributed by atoms with Crippen LogP contribution in [-0.4, -0.2) is 16.1 Å². The fourth-order valence-electron chi connectivity index (χ4n) is 4.81. The average Bonchev–Trinajstić information content (AvgIpc) is 2.95. The Bertz CT molecular complexity index is 1700. The lowest BCUT2D eigenvalue weighted by Gasteiger charge is -2.15. The average molecular weight is 762 g/mol. The van der Waals surface area contributed by atoms with Crippen molar-refractivity contribution in [3.63, 3.8) is 0 Å². The van der Waals surface area contributed by atoms with Crippen LogP contribution in [0.3, 0.4) is 0 Å². The predicted molar refractivity (Wildman–Crippen MR) is 188 cm³/mol. The molecule has 4 N–H and O–H groups in total. The molecule has 0 radical (unpaired) electrons. The summed E-state index contributed by atoms with van der Waals surface area (Å²) in [5.74, 6) is -3.21. The highest BCUT2D eigenvalue weighted by molar-refractivity contribution is 6.37. The minimum absolute atomic E-state index is 0. The van der Waals surface area contributed by atoms with Gasteiger partial charge in [0.05, 0.1) is 23.8 Å². The number of aryl methyl sites for hydroxylation is 2. The zero-order chi connectivity index (χ0) is 34.8. The Morgan fingerprint density at radius 1 is 0.653 bits per heavy atom. The molecule has 0 saturated carbocycles. The predicted octanol–water partition coefficient (Wildman–Crippen LogP) is 10.9. The molecule has 0 bridgehead atoms. The van der Waals surface area contributed by atoms with Gasteiger partial charge in [0.25, 0.3) is 0 Å². The number of primary amides is 1. The van der Waals surface area contributed by atoms with Crippen LogP contribution in [0.1, 0.15) is 90.9 Å². The van der Waals surface area contributed by atoms with Gasteiger partial charge in [0.15, 0.2) is 0 Å². The molecular formula is C36H36Cl4F4N2O3. The van der Waals surface area contributed by atoms with Crippen LogP contribution in [0.5, 0.6) is 0 Å². The fraction of sp³-hybridized carbons (Fsp3) is 0.278. The van der Waals surface area contributed by atoms with Gasteiger partial charge in [-0.25, -0.2) is 17.6 Å². The molecule has 2 atom stereocenters. The lowest BCUT2D eigenvalue weighted by Crippen LogP contribution is -2.12. The molecule has 2 unspecified atom stereocenters. The van der Waals surface area contributed by atoms with Crippen molar-refractivity contribution in [3.05, 3.63) is 137 Å². The van der Waals surface area contributed by atoms with E-state index in [0.29, 0.717) is 59.9 Å². The number of aliphatic hydroxyl groups excluding tert-OH is 2. The topological polar surface area (TPSA) is 107 Å². The van der Waals surface area contributed by atoms with Crippen LogP contribution in [0.2, 0.25) is 20.1 Å². The first kappa shape index (κ1) is 43.7. The van der Waals surface area contributed by atoms with E-state index in [4.69, 9.17) is 57.4 Å². The molecule has 13 heteroatoms. The molecule has 0 heterocycles. The van der Waals surface area contributed by atoms with E-state index < -0.39 is 41.4 Å². The Balaban J connectivity index is 0.000000471. The molecule has 0 aliphatic carbocycles. The summed E-state index contributed by atoms with van der Waals surface area (Å²) in [6.07, 6.45) is 0.492. The van der Waals surface area contributed by atoms with Crippen molar-refractivity contribution in [2.24, 2.45) is 5.73 Å². The van der Waals surface area contributed by atoms with Crippen LogP contribution in [0.15, 0.2) is 60.7 Å². The Morgan fingerprint density at radius 3 is 1.29 bits per heavy atom. The van der Waals surface area contributed by atoms with Crippen molar-refractivity contribution in [2.45, 2.75) is 65.6 Å². The van der Waals surface area contributed by atoms with E-state index in [9.17, 15) is 32.6 Å². The highest BCUT2D eigenvalue weighted by Crippen LogP contribution is 2.35. The summed E-state index contributed by atoms with van der Waals surface area (Å²) in [5, 5.41) is 30.1. The molecular weight excluding hydrogens is 726 g/mol. The van der Waals surface area contributed by atoms with E-state index in [0.717, 1.165) is 12.1 Å². The van der Waals surface area contributed by atoms with Gasteiger partial charge in [-0.2, -0.15) is 5.26 Å². The second-order valence-corrected chi connectivity index (χ2v) is 12.2. The number of rotatable bonds is 11. The number of nitrogens with zero attached hydrogens (tertiary/aromatic N) is 1. The molecule has 1 amide bonds. The molecule has 4 rings (SSSR count). The van der Waals surface area contributed by atoms with E-state index in [-0.39, 0.29) is 46.9 Å². The molecule has 0 fully saturated rings. The molecule has 49 heavy (non-hydrogen) atoms. The highest BCUT2D eigenvalue weighted by Gasteiger charge is 2.19. The maximum atomic E-state index is 13.1. The maximum Gasteiger partial charge on any atom is 0.248 e. The number of carbonyl (C=O) groups is 1. The van der Waals surface area contributed by atoms with Gasteiger partial charge in [0.2, 0.25) is 5.91 Å². The molecule has 4 aromatic carbocycles. The van der Waals surface area contributed by atoms with E-state index in [2.05, 4.69) is 0 Å². The van der Waals surface area contributed by atoms with Crippen LogP contribution >= 0.6 is 46.4 Å². The van der Waals surface area contributed by atoms with E-state index in [1.807, 2.05) is 6.07 Å². The Kier molecular flexibility index (Phi) is 18.1. The number of halogens is 8. The van der Waals surface area contributed by atoms with Crippen molar-refractivity contribution in [2.75, 3.05) is 0 Å². The third kappa shape index (κ3) is 13.1. The van der Waals surface area contributed by atoms with Crippen LogP contribution in [0.4, 0.5) is 17.6 Å². The van der Waals surface area contributed by atoms with Crippen LogP contribution < -0.4 is 5.73 Å². The minimum Gasteiger partial charge on any atom is -0.388 e. The Hall–Kier alpha value is -3.36. The number of benzene rings is 4. The largest absolute Gasteiger partial charge is 0.388 e. The maximum absolute atomic E-state index is 13.1. The van der Waals surface area contributed by atoms with Gasteiger partial charge in [-0.05, 0) is 98.2 Å². The standard InChI is InChI=1S/C17H15Cl2F2NO2.C17H13Cl2F2NO.2CH4/c18-13-6-10(17(22)24)7-14(19)16(13)15(23)3-1-2-9-4-11(20)8-12(21)5-9;18-14-6-11(9-22)7-15(19)17(14)16(23)3-1-2-10-4-12(20)8-13(21)5-10;;/h4-8,15,23H,1-3H2,(H2,22,24);4-8,16,23H,1-3H2;2*1H4. The van der Waals surface area contributed by atoms with Crippen molar-refractivity contribution in [1.29, 1.82) is 5.26 Å². The van der Waals surface area contributed by atoms with E-state index in [1.54, 1.807) is 0 Å². The summed E-state index contributed by atoms with van der Waals surface area (Å²) in [6.45, 7) is 0. The van der Waals surface area contributed by atoms with Gasteiger partial charge in [0, 0.05) is 48.9 Å². The molecule has 0 aliphatic heterocycles. The van der Waals surface area contributed by atoms with Gasteiger partial charge in [-0.15, -0.1) is 0 Å². The number of hydrogen-bond donors (Lipinski definition) is 3. The van der Waals surface area contributed by atoms with Crippen molar-refractivity contribution in [1.82, 2.24) is 0 Å². The summed E-state index contributed by atoms with van der Waals surface area (Å²) in [4.78, 5) is 11.2. The highest BCUT2D eigenvalue weighted by atomic mass is 35.5. The zero-order valence-electron chi connectivity index (χ0n) is 24.5. The minimum atomic E-state index is -0.967. The third-order valence-electron chi connectivity index (χ3n) is 6.97. The SMILES string of the molecule is C.C.N#Cc1cc(Cl)c(C(O)CCCc2cc(F)cc(F)c2)c(Cl)c1.NC(=O)c1cc(Cl)c(C(O)CCCc2cc(F)cc(F)c2)c(Cl)c1. The summed E-state index contributed by atoms with van der Waals surface area (Å²) in [5.41, 5.74) is 7.31. The van der Waals surface area contributed by atoms with E-state index >= 15 is 0 Å². The zero-order valence-corrected chi connectivity index (χ0v) is 27.5. The first-order chi connectivity index (χ1) is 22.2.